The standard InChI is InChI=1S/C16H20N4O3/c1-11(21)19-13-8-6-12(7-9-13)16(23)20-14(15(18)22)5-3-2-4-10-17/h6-9,14H,2-5H2,1H3,(H2,18,22)(H,19,21)(H,20,23)/t14-/m1/s1. The Morgan fingerprint density at radius 1 is 1.22 bits per heavy atom. The lowest BCUT2D eigenvalue weighted by molar-refractivity contribution is -0.120. The molecule has 0 aliphatic heterocycles. The fraction of sp³-hybridized carbons (Fsp3) is 0.375. The van der Waals surface area contributed by atoms with Crippen molar-refractivity contribution in [3.63, 3.8) is 0 Å². The number of carbonyl (C=O) groups excluding carboxylic acids is 3. The van der Waals surface area contributed by atoms with Crippen molar-refractivity contribution in [2.75, 3.05) is 5.32 Å². The van der Waals surface area contributed by atoms with E-state index in [2.05, 4.69) is 10.6 Å². The molecule has 1 aromatic carbocycles. The van der Waals surface area contributed by atoms with E-state index < -0.39 is 17.9 Å². The third kappa shape index (κ3) is 6.61. The summed E-state index contributed by atoms with van der Waals surface area (Å²) in [6, 6.07) is 7.55. The number of anilines is 1. The van der Waals surface area contributed by atoms with Crippen molar-refractivity contribution in [2.45, 2.75) is 38.6 Å². The van der Waals surface area contributed by atoms with Gasteiger partial charge in [-0.1, -0.05) is 0 Å². The number of nitrogens with two attached hydrogens (primary N) is 1. The van der Waals surface area contributed by atoms with Gasteiger partial charge in [0.2, 0.25) is 11.8 Å². The van der Waals surface area contributed by atoms with Crippen LogP contribution < -0.4 is 16.4 Å². The van der Waals surface area contributed by atoms with Crippen LogP contribution in [0.3, 0.4) is 0 Å². The molecule has 0 aromatic heterocycles. The van der Waals surface area contributed by atoms with Gasteiger partial charge in [-0.25, -0.2) is 0 Å². The van der Waals surface area contributed by atoms with Crippen LogP contribution in [0.15, 0.2) is 24.3 Å². The molecule has 4 N–H and O–H groups in total. The van der Waals surface area contributed by atoms with E-state index in [-0.39, 0.29) is 5.91 Å². The van der Waals surface area contributed by atoms with Gasteiger partial charge in [0.25, 0.3) is 5.91 Å². The van der Waals surface area contributed by atoms with Gasteiger partial charge in [-0.2, -0.15) is 5.26 Å². The summed E-state index contributed by atoms with van der Waals surface area (Å²) in [5.74, 6) is -1.22. The van der Waals surface area contributed by atoms with Crippen LogP contribution >= 0.6 is 0 Å². The largest absolute Gasteiger partial charge is 0.368 e. The van der Waals surface area contributed by atoms with Gasteiger partial charge in [-0.3, -0.25) is 14.4 Å². The minimum atomic E-state index is -0.767. The Bertz CT molecular complexity index is 605. The summed E-state index contributed by atoms with van der Waals surface area (Å²) in [6.45, 7) is 1.39. The molecule has 0 aliphatic rings. The highest BCUT2D eigenvalue weighted by molar-refractivity contribution is 5.98. The maximum absolute atomic E-state index is 12.1. The third-order valence-electron chi connectivity index (χ3n) is 3.15. The lowest BCUT2D eigenvalue weighted by Crippen LogP contribution is -2.44. The molecule has 0 bridgehead atoms. The molecule has 0 fully saturated rings. The zero-order valence-corrected chi connectivity index (χ0v) is 13.0. The van der Waals surface area contributed by atoms with Crippen molar-refractivity contribution in [1.82, 2.24) is 5.32 Å². The van der Waals surface area contributed by atoms with Gasteiger partial charge in [0, 0.05) is 24.6 Å². The fourth-order valence-electron chi connectivity index (χ4n) is 1.99. The number of amides is 3. The van der Waals surface area contributed by atoms with E-state index in [0.29, 0.717) is 36.9 Å². The topological polar surface area (TPSA) is 125 Å². The molecule has 7 nitrogen and oxygen atoms in total. The maximum Gasteiger partial charge on any atom is 0.251 e. The van der Waals surface area contributed by atoms with E-state index in [4.69, 9.17) is 11.0 Å². The van der Waals surface area contributed by atoms with Crippen LogP contribution in [0.5, 0.6) is 0 Å². The molecular formula is C16H20N4O3. The first kappa shape index (κ1) is 18.2. The van der Waals surface area contributed by atoms with E-state index in [1.54, 1.807) is 24.3 Å². The van der Waals surface area contributed by atoms with Crippen LogP contribution in [0.2, 0.25) is 0 Å². The average molecular weight is 316 g/mol. The third-order valence-corrected chi connectivity index (χ3v) is 3.15. The molecule has 0 unspecified atom stereocenters. The van der Waals surface area contributed by atoms with Gasteiger partial charge in [0.1, 0.15) is 6.04 Å². The highest BCUT2D eigenvalue weighted by atomic mass is 16.2. The minimum absolute atomic E-state index is 0.201. The monoisotopic (exact) mass is 316 g/mol. The first-order valence-electron chi connectivity index (χ1n) is 7.29. The van der Waals surface area contributed by atoms with E-state index in [9.17, 15) is 14.4 Å². The molecule has 1 rings (SSSR count). The second kappa shape index (κ2) is 9.20. The van der Waals surface area contributed by atoms with Crippen LogP contribution in [-0.2, 0) is 9.59 Å². The summed E-state index contributed by atoms with van der Waals surface area (Å²) in [6.07, 6.45) is 2.08. The van der Waals surface area contributed by atoms with Crippen LogP contribution in [0.1, 0.15) is 43.0 Å². The Balaban J connectivity index is 2.62. The quantitative estimate of drug-likeness (QED) is 0.625. The number of benzene rings is 1. The summed E-state index contributed by atoms with van der Waals surface area (Å²) < 4.78 is 0. The van der Waals surface area contributed by atoms with Crippen LogP contribution in [0, 0.1) is 11.3 Å². The predicted octanol–water partition coefficient (Wildman–Crippen LogP) is 1.31. The molecule has 122 valence electrons. The summed E-state index contributed by atoms with van der Waals surface area (Å²) in [5.41, 5.74) is 6.23. The van der Waals surface area contributed by atoms with Gasteiger partial charge in [-0.15, -0.1) is 0 Å². The Labute approximate surface area is 134 Å². The SMILES string of the molecule is CC(=O)Nc1ccc(C(=O)N[C@H](CCCCC#N)C(N)=O)cc1. The zero-order chi connectivity index (χ0) is 17.2. The maximum atomic E-state index is 12.1. The zero-order valence-electron chi connectivity index (χ0n) is 13.0. The van der Waals surface area contributed by atoms with Crippen molar-refractivity contribution >= 4 is 23.4 Å². The van der Waals surface area contributed by atoms with E-state index >= 15 is 0 Å². The fourth-order valence-corrected chi connectivity index (χ4v) is 1.99. The number of rotatable bonds is 8. The number of carbonyl (C=O) groups is 3. The van der Waals surface area contributed by atoms with E-state index in [1.807, 2.05) is 6.07 Å². The van der Waals surface area contributed by atoms with E-state index in [0.717, 1.165) is 0 Å². The summed E-state index contributed by atoms with van der Waals surface area (Å²) in [7, 11) is 0. The van der Waals surface area contributed by atoms with Crippen molar-refractivity contribution in [2.24, 2.45) is 5.73 Å². The van der Waals surface area contributed by atoms with E-state index in [1.165, 1.54) is 6.92 Å². The number of nitrogens with zero attached hydrogens (tertiary/aromatic N) is 1. The molecule has 0 spiro atoms. The van der Waals surface area contributed by atoms with Gasteiger partial charge >= 0.3 is 0 Å². The first-order chi connectivity index (χ1) is 10.9. The second-order valence-electron chi connectivity index (χ2n) is 5.09. The number of hydrogen-bond acceptors (Lipinski definition) is 4. The van der Waals surface area contributed by atoms with Crippen molar-refractivity contribution in [3.8, 4) is 6.07 Å². The molecule has 1 aromatic rings. The van der Waals surface area contributed by atoms with Gasteiger partial charge in [0.05, 0.1) is 6.07 Å². The summed E-state index contributed by atoms with van der Waals surface area (Å²) >= 11 is 0. The molecule has 0 radical (unpaired) electrons. The Kier molecular flexibility index (Phi) is 7.27. The number of hydrogen-bond donors (Lipinski definition) is 3. The second-order valence-corrected chi connectivity index (χ2v) is 5.09. The average Bonchev–Trinajstić information content (AvgIpc) is 2.50. The summed E-state index contributed by atoms with van der Waals surface area (Å²) in [5, 5.41) is 13.7. The molecule has 0 saturated carbocycles. The van der Waals surface area contributed by atoms with Gasteiger partial charge in [-0.05, 0) is 43.5 Å². The van der Waals surface area contributed by atoms with Gasteiger partial charge < -0.3 is 16.4 Å². The normalized spacial score (nSPS) is 11.1. The van der Waals surface area contributed by atoms with Crippen molar-refractivity contribution in [3.05, 3.63) is 29.8 Å². The molecule has 0 aliphatic carbocycles. The molecule has 1 atom stereocenters. The minimum Gasteiger partial charge on any atom is -0.368 e. The molecule has 3 amide bonds. The number of nitriles is 1. The molecule has 7 heteroatoms. The lowest BCUT2D eigenvalue weighted by atomic mass is 10.1. The van der Waals surface area contributed by atoms with Crippen LogP contribution in [-0.4, -0.2) is 23.8 Å². The Morgan fingerprint density at radius 3 is 2.39 bits per heavy atom. The first-order valence-corrected chi connectivity index (χ1v) is 7.29. The van der Waals surface area contributed by atoms with Crippen molar-refractivity contribution in [1.29, 1.82) is 5.26 Å². The smallest absolute Gasteiger partial charge is 0.251 e. The van der Waals surface area contributed by atoms with Crippen molar-refractivity contribution < 1.29 is 14.4 Å². The Morgan fingerprint density at radius 2 is 1.87 bits per heavy atom. The Hall–Kier alpha value is -2.88. The number of nitrogens with one attached hydrogen (secondary N) is 2. The molecule has 23 heavy (non-hydrogen) atoms. The number of primary amides is 1. The summed E-state index contributed by atoms with van der Waals surface area (Å²) in [4.78, 5) is 34.5. The highest BCUT2D eigenvalue weighted by Crippen LogP contribution is 2.10. The lowest BCUT2D eigenvalue weighted by Gasteiger charge is -2.15. The van der Waals surface area contributed by atoms with Gasteiger partial charge in [0.15, 0.2) is 0 Å². The molecule has 0 saturated heterocycles. The number of unbranched alkanes of at least 4 members (excludes halogenated alkanes) is 2. The molecule has 0 heterocycles. The predicted molar refractivity (Wildman–Crippen MR) is 85.3 cm³/mol. The van der Waals surface area contributed by atoms with Crippen LogP contribution in [0.25, 0.3) is 0 Å². The highest BCUT2D eigenvalue weighted by Gasteiger charge is 2.18. The molecular weight excluding hydrogens is 296 g/mol. The van der Waals surface area contributed by atoms with Crippen LogP contribution in [0.4, 0.5) is 5.69 Å².